The third-order valence-corrected chi connectivity index (χ3v) is 2.70. The highest BCUT2D eigenvalue weighted by Crippen LogP contribution is 2.26. The van der Waals surface area contributed by atoms with Crippen molar-refractivity contribution in [2.75, 3.05) is 12.5 Å². The molecule has 1 amide bonds. The molecule has 2 N–H and O–H groups in total. The predicted molar refractivity (Wildman–Crippen MR) is 82.5 cm³/mol. The highest BCUT2D eigenvalue weighted by atomic mass is 19.4. The molecule has 0 bridgehead atoms. The maximum Gasteiger partial charge on any atom is 0.573 e. The monoisotopic (exact) mass is 354 g/mol. The summed E-state index contributed by atoms with van der Waals surface area (Å²) >= 11 is 0. The van der Waals surface area contributed by atoms with Crippen molar-refractivity contribution in [3.8, 4) is 11.6 Å². The first-order valence-electron chi connectivity index (χ1n) is 6.83. The van der Waals surface area contributed by atoms with Gasteiger partial charge in [0.15, 0.2) is 0 Å². The quantitative estimate of drug-likeness (QED) is 0.613. The van der Waals surface area contributed by atoms with E-state index in [-0.39, 0.29) is 11.5 Å². The van der Waals surface area contributed by atoms with Crippen LogP contribution in [0.2, 0.25) is 0 Å². The van der Waals surface area contributed by atoms with Crippen molar-refractivity contribution in [3.63, 3.8) is 0 Å². The molecule has 132 valence electrons. The van der Waals surface area contributed by atoms with Gasteiger partial charge in [0.05, 0.1) is 7.11 Å². The highest BCUT2D eigenvalue weighted by Gasteiger charge is 2.31. The summed E-state index contributed by atoms with van der Waals surface area (Å²) in [6.07, 6.45) is -1.19. The first-order valence-corrected chi connectivity index (χ1v) is 6.83. The molecule has 2 rings (SSSR count). The van der Waals surface area contributed by atoms with E-state index >= 15 is 0 Å². The fourth-order valence-corrected chi connectivity index (χ4v) is 1.68. The zero-order valence-electron chi connectivity index (χ0n) is 12.9. The smallest absolute Gasteiger partial charge is 0.481 e. The molecular weight excluding hydrogens is 341 g/mol. The Balaban J connectivity index is 1.98. The summed E-state index contributed by atoms with van der Waals surface area (Å²) in [7, 11) is 1.42. The van der Waals surface area contributed by atoms with Gasteiger partial charge in [-0.1, -0.05) is 18.2 Å². The van der Waals surface area contributed by atoms with Gasteiger partial charge in [0.2, 0.25) is 11.8 Å². The summed E-state index contributed by atoms with van der Waals surface area (Å²) in [6.45, 7) is 0. The Morgan fingerprint density at radius 1 is 1.24 bits per heavy atom. The van der Waals surface area contributed by atoms with Crippen LogP contribution in [0, 0.1) is 0 Å². The summed E-state index contributed by atoms with van der Waals surface area (Å²) in [5, 5.41) is 0. The number of carbonyl (C=O) groups excluding carboxylic acids is 1. The number of anilines is 1. The molecule has 1 heterocycles. The second kappa shape index (κ2) is 7.99. The number of benzene rings is 1. The number of halogens is 3. The lowest BCUT2D eigenvalue weighted by molar-refractivity contribution is -0.274. The molecule has 0 atom stereocenters. The summed E-state index contributed by atoms with van der Waals surface area (Å²) in [6, 6.07) is 6.95. The molecule has 2 aromatic rings. The lowest BCUT2D eigenvalue weighted by Crippen LogP contribution is -2.28. The first-order chi connectivity index (χ1) is 11.9. The molecule has 0 unspecified atom stereocenters. The van der Waals surface area contributed by atoms with Crippen LogP contribution in [-0.4, -0.2) is 29.3 Å². The number of methoxy groups -OCH3 is 1. The number of hydrogen-bond acceptors (Lipinski definition) is 6. The van der Waals surface area contributed by atoms with Crippen molar-refractivity contribution in [2.45, 2.75) is 6.36 Å². The molecule has 1 aromatic heterocycles. The van der Waals surface area contributed by atoms with Gasteiger partial charge >= 0.3 is 6.36 Å². The Bertz CT molecular complexity index is 766. The van der Waals surface area contributed by atoms with E-state index in [4.69, 9.17) is 4.74 Å². The summed E-state index contributed by atoms with van der Waals surface area (Å²) in [5.41, 5.74) is 4.80. The molecular formula is C15H13F3N4O3. The summed E-state index contributed by atoms with van der Waals surface area (Å²) in [4.78, 5) is 19.5. The molecule has 0 saturated heterocycles. The van der Waals surface area contributed by atoms with E-state index in [1.165, 1.54) is 43.6 Å². The number of hydrogen-bond donors (Lipinski definition) is 2. The second-order valence-electron chi connectivity index (χ2n) is 4.46. The van der Waals surface area contributed by atoms with Gasteiger partial charge in [-0.3, -0.25) is 15.6 Å². The Labute approximate surface area is 140 Å². The lowest BCUT2D eigenvalue weighted by Gasteiger charge is -2.11. The van der Waals surface area contributed by atoms with Crippen molar-refractivity contribution in [2.24, 2.45) is 0 Å². The van der Waals surface area contributed by atoms with E-state index in [1.807, 2.05) is 0 Å². The second-order valence-corrected chi connectivity index (χ2v) is 4.46. The van der Waals surface area contributed by atoms with Crippen molar-refractivity contribution in [1.82, 2.24) is 15.4 Å². The van der Waals surface area contributed by atoms with Crippen LogP contribution in [0.3, 0.4) is 0 Å². The SMILES string of the molecule is COc1ccnc(NNC(=O)/C=C/c2ccccc2OC(F)(F)F)n1. The number of para-hydroxylation sites is 1. The predicted octanol–water partition coefficient (Wildman–Crippen LogP) is 2.54. The molecule has 10 heteroatoms. The molecule has 1 aromatic carbocycles. The number of nitrogens with one attached hydrogen (secondary N) is 2. The number of carbonyl (C=O) groups is 1. The average molecular weight is 354 g/mol. The topological polar surface area (TPSA) is 85.4 Å². The fraction of sp³-hybridized carbons (Fsp3) is 0.133. The lowest BCUT2D eigenvalue weighted by atomic mass is 10.2. The average Bonchev–Trinajstić information content (AvgIpc) is 2.58. The van der Waals surface area contributed by atoms with E-state index in [0.717, 1.165) is 12.1 Å². The van der Waals surface area contributed by atoms with E-state index in [1.54, 1.807) is 0 Å². The normalized spacial score (nSPS) is 11.2. The van der Waals surface area contributed by atoms with Gasteiger partial charge in [-0.05, 0) is 12.1 Å². The number of ether oxygens (including phenoxy) is 2. The van der Waals surface area contributed by atoms with Gasteiger partial charge in [-0.15, -0.1) is 13.2 Å². The Kier molecular flexibility index (Phi) is 5.77. The van der Waals surface area contributed by atoms with Crippen LogP contribution in [0.15, 0.2) is 42.6 Å². The number of aromatic nitrogens is 2. The molecule has 7 nitrogen and oxygen atoms in total. The van der Waals surface area contributed by atoms with Crippen molar-refractivity contribution in [1.29, 1.82) is 0 Å². The fourth-order valence-electron chi connectivity index (χ4n) is 1.68. The molecule has 0 radical (unpaired) electrons. The van der Waals surface area contributed by atoms with Gasteiger partial charge < -0.3 is 9.47 Å². The Hall–Kier alpha value is -3.30. The van der Waals surface area contributed by atoms with E-state index < -0.39 is 18.0 Å². The van der Waals surface area contributed by atoms with Gasteiger partial charge in [-0.25, -0.2) is 4.98 Å². The molecule has 0 fully saturated rings. The number of rotatable bonds is 6. The minimum atomic E-state index is -4.82. The highest BCUT2D eigenvalue weighted by molar-refractivity contribution is 5.92. The van der Waals surface area contributed by atoms with Crippen molar-refractivity contribution >= 4 is 17.9 Å². The van der Waals surface area contributed by atoms with Crippen LogP contribution >= 0.6 is 0 Å². The number of nitrogens with zero attached hydrogens (tertiary/aromatic N) is 2. The molecule has 0 aliphatic carbocycles. The largest absolute Gasteiger partial charge is 0.573 e. The number of hydrazine groups is 1. The van der Waals surface area contributed by atoms with Crippen LogP contribution in [0.1, 0.15) is 5.56 Å². The summed E-state index contributed by atoms with van der Waals surface area (Å²) < 4.78 is 45.8. The zero-order valence-corrected chi connectivity index (χ0v) is 12.9. The van der Waals surface area contributed by atoms with Gasteiger partial charge in [0.25, 0.3) is 5.91 Å². The number of alkyl halides is 3. The van der Waals surface area contributed by atoms with Crippen LogP contribution in [0.4, 0.5) is 19.1 Å². The van der Waals surface area contributed by atoms with E-state index in [9.17, 15) is 18.0 Å². The van der Waals surface area contributed by atoms with Crippen molar-refractivity contribution < 1.29 is 27.4 Å². The van der Waals surface area contributed by atoms with Gasteiger partial charge in [0, 0.05) is 23.9 Å². The first kappa shape index (κ1) is 18.0. The van der Waals surface area contributed by atoms with E-state index in [0.29, 0.717) is 5.88 Å². The van der Waals surface area contributed by atoms with E-state index in [2.05, 4.69) is 25.6 Å². The Morgan fingerprint density at radius 3 is 2.72 bits per heavy atom. The maximum absolute atomic E-state index is 12.3. The standard InChI is InChI=1S/C15H13F3N4O3/c1-24-13-8-9-19-14(20-13)22-21-12(23)7-6-10-4-2-3-5-11(10)25-15(16,17)18/h2-9H,1H3,(H,21,23)(H,19,20,22)/b7-6+. The van der Waals surface area contributed by atoms with Crippen LogP contribution in [0.5, 0.6) is 11.6 Å². The summed E-state index contributed by atoms with van der Waals surface area (Å²) in [5.74, 6) is -0.668. The molecule has 0 saturated carbocycles. The third kappa shape index (κ3) is 6.01. The zero-order chi connectivity index (χ0) is 18.3. The number of amides is 1. The van der Waals surface area contributed by atoms with Crippen LogP contribution < -0.4 is 20.3 Å². The third-order valence-electron chi connectivity index (χ3n) is 2.70. The van der Waals surface area contributed by atoms with Crippen molar-refractivity contribution in [3.05, 3.63) is 48.2 Å². The van der Waals surface area contributed by atoms with Crippen LogP contribution in [0.25, 0.3) is 6.08 Å². The van der Waals surface area contributed by atoms with Crippen LogP contribution in [-0.2, 0) is 4.79 Å². The van der Waals surface area contributed by atoms with Gasteiger partial charge in [0.1, 0.15) is 5.75 Å². The molecule has 25 heavy (non-hydrogen) atoms. The maximum atomic E-state index is 12.3. The Morgan fingerprint density at radius 2 is 2.00 bits per heavy atom. The molecule has 0 spiro atoms. The van der Waals surface area contributed by atoms with Gasteiger partial charge in [-0.2, -0.15) is 4.98 Å². The minimum absolute atomic E-state index is 0.0851. The molecule has 0 aliphatic rings. The minimum Gasteiger partial charge on any atom is -0.481 e. The molecule has 0 aliphatic heterocycles.